The minimum atomic E-state index is 0.300. The van der Waals surface area contributed by atoms with Crippen molar-refractivity contribution in [2.45, 2.75) is 58.6 Å². The number of hydrogen-bond donors (Lipinski definition) is 1. The molecule has 1 saturated carbocycles. The van der Waals surface area contributed by atoms with Gasteiger partial charge in [0.25, 0.3) is 0 Å². The largest absolute Gasteiger partial charge is 0.489 e. The van der Waals surface area contributed by atoms with Gasteiger partial charge in [0.2, 0.25) is 0 Å². The monoisotopic (exact) mass is 275 g/mol. The number of rotatable bonds is 5. The van der Waals surface area contributed by atoms with Crippen LogP contribution in [0.2, 0.25) is 0 Å². The molecule has 1 aromatic carbocycles. The summed E-state index contributed by atoms with van der Waals surface area (Å²) < 4.78 is 6.28. The molecule has 20 heavy (non-hydrogen) atoms. The Kier molecular flexibility index (Phi) is 5.47. The van der Waals surface area contributed by atoms with E-state index in [4.69, 9.17) is 4.74 Å². The van der Waals surface area contributed by atoms with Crippen LogP contribution in [0.3, 0.4) is 0 Å². The number of aryl methyl sites for hydroxylation is 1. The highest BCUT2D eigenvalue weighted by Gasteiger charge is 2.32. The molecule has 0 bridgehead atoms. The third-order valence-corrected chi connectivity index (χ3v) is 4.76. The predicted octanol–water partition coefficient (Wildman–Crippen LogP) is 4.04. The van der Waals surface area contributed by atoms with Crippen molar-refractivity contribution >= 4 is 0 Å². The zero-order chi connectivity index (χ0) is 14.5. The highest BCUT2D eigenvalue weighted by molar-refractivity contribution is 5.27. The van der Waals surface area contributed by atoms with Gasteiger partial charge in [-0.2, -0.15) is 0 Å². The van der Waals surface area contributed by atoms with E-state index >= 15 is 0 Å². The third kappa shape index (κ3) is 3.76. The topological polar surface area (TPSA) is 21.3 Å². The molecule has 0 saturated heterocycles. The van der Waals surface area contributed by atoms with Crippen molar-refractivity contribution in [2.75, 3.05) is 7.05 Å². The first-order valence-electron chi connectivity index (χ1n) is 8.06. The molecule has 0 aliphatic heterocycles. The van der Waals surface area contributed by atoms with Crippen molar-refractivity contribution in [3.63, 3.8) is 0 Å². The molecule has 0 heterocycles. The summed E-state index contributed by atoms with van der Waals surface area (Å²) in [7, 11) is 2.05. The van der Waals surface area contributed by atoms with Crippen LogP contribution in [0, 0.1) is 11.8 Å². The second kappa shape index (κ2) is 7.12. The predicted molar refractivity (Wildman–Crippen MR) is 85.3 cm³/mol. The summed E-state index contributed by atoms with van der Waals surface area (Å²) in [4.78, 5) is 0. The quantitative estimate of drug-likeness (QED) is 0.875. The van der Waals surface area contributed by atoms with Gasteiger partial charge in [0.15, 0.2) is 0 Å². The highest BCUT2D eigenvalue weighted by atomic mass is 16.5. The summed E-state index contributed by atoms with van der Waals surface area (Å²) >= 11 is 0. The van der Waals surface area contributed by atoms with Gasteiger partial charge in [-0.15, -0.1) is 0 Å². The van der Waals surface area contributed by atoms with Crippen molar-refractivity contribution in [1.82, 2.24) is 5.32 Å². The van der Waals surface area contributed by atoms with Crippen LogP contribution in [0.5, 0.6) is 5.75 Å². The van der Waals surface area contributed by atoms with Crippen LogP contribution in [-0.2, 0) is 6.42 Å². The minimum Gasteiger partial charge on any atom is -0.489 e. The van der Waals surface area contributed by atoms with Crippen LogP contribution >= 0.6 is 0 Å². The zero-order valence-corrected chi connectivity index (χ0v) is 13.4. The van der Waals surface area contributed by atoms with Crippen LogP contribution in [0.1, 0.15) is 45.6 Å². The van der Waals surface area contributed by atoms with Crippen LogP contribution in [0.15, 0.2) is 24.3 Å². The van der Waals surface area contributed by atoms with E-state index in [0.717, 1.165) is 24.0 Å². The molecule has 3 unspecified atom stereocenters. The molecule has 2 heteroatoms. The lowest BCUT2D eigenvalue weighted by atomic mass is 9.78. The Morgan fingerprint density at radius 2 is 1.90 bits per heavy atom. The average Bonchev–Trinajstić information content (AvgIpc) is 2.48. The molecule has 0 radical (unpaired) electrons. The molecule has 2 nitrogen and oxygen atoms in total. The molecule has 1 aromatic rings. The summed E-state index contributed by atoms with van der Waals surface area (Å²) in [5.41, 5.74) is 1.37. The van der Waals surface area contributed by atoms with Crippen molar-refractivity contribution in [2.24, 2.45) is 11.8 Å². The van der Waals surface area contributed by atoms with Gasteiger partial charge in [0.05, 0.1) is 0 Å². The minimum absolute atomic E-state index is 0.300. The van der Waals surface area contributed by atoms with Crippen LogP contribution in [0.25, 0.3) is 0 Å². The summed E-state index contributed by atoms with van der Waals surface area (Å²) in [5, 5.41) is 3.43. The van der Waals surface area contributed by atoms with Gasteiger partial charge in [-0.3, -0.25) is 0 Å². The molecule has 1 aliphatic carbocycles. The standard InChI is InChI=1S/C18H29NO/c1-5-14-6-9-16(10-7-14)20-18-12-15(13(2)3)8-11-17(18)19-4/h6-7,9-10,13,15,17-19H,5,8,11-12H2,1-4H3. The molecule has 0 spiro atoms. The number of ether oxygens (including phenoxy) is 1. The fourth-order valence-corrected chi connectivity index (χ4v) is 3.20. The summed E-state index contributed by atoms with van der Waals surface area (Å²) in [5.74, 6) is 2.55. The normalized spacial score (nSPS) is 26.8. The van der Waals surface area contributed by atoms with E-state index < -0.39 is 0 Å². The lowest BCUT2D eigenvalue weighted by molar-refractivity contribution is 0.0750. The average molecular weight is 275 g/mol. The fourth-order valence-electron chi connectivity index (χ4n) is 3.20. The Balaban J connectivity index is 2.02. The molecule has 3 atom stereocenters. The van der Waals surface area contributed by atoms with Crippen LogP contribution in [-0.4, -0.2) is 19.2 Å². The Morgan fingerprint density at radius 1 is 1.20 bits per heavy atom. The first-order valence-corrected chi connectivity index (χ1v) is 8.06. The van der Waals surface area contributed by atoms with E-state index in [1.54, 1.807) is 0 Å². The number of likely N-dealkylation sites (N-methyl/N-ethyl adjacent to an activating group) is 1. The molecular weight excluding hydrogens is 246 g/mol. The van der Waals surface area contributed by atoms with Crippen LogP contribution in [0.4, 0.5) is 0 Å². The van der Waals surface area contributed by atoms with E-state index in [9.17, 15) is 0 Å². The van der Waals surface area contributed by atoms with Gasteiger partial charge in [0.1, 0.15) is 11.9 Å². The lowest BCUT2D eigenvalue weighted by Gasteiger charge is -2.37. The summed E-state index contributed by atoms with van der Waals surface area (Å²) in [6.07, 6.45) is 5.08. The molecule has 0 amide bonds. The van der Waals surface area contributed by atoms with Crippen molar-refractivity contribution < 1.29 is 4.74 Å². The van der Waals surface area contributed by atoms with Crippen molar-refractivity contribution in [3.05, 3.63) is 29.8 Å². The second-order valence-corrected chi connectivity index (χ2v) is 6.37. The Morgan fingerprint density at radius 3 is 2.45 bits per heavy atom. The lowest BCUT2D eigenvalue weighted by Crippen LogP contribution is -2.46. The van der Waals surface area contributed by atoms with E-state index in [1.807, 2.05) is 0 Å². The maximum atomic E-state index is 6.28. The van der Waals surface area contributed by atoms with E-state index in [-0.39, 0.29) is 0 Å². The maximum absolute atomic E-state index is 6.28. The zero-order valence-electron chi connectivity index (χ0n) is 13.4. The molecule has 2 rings (SSSR count). The first-order chi connectivity index (χ1) is 9.63. The Hall–Kier alpha value is -1.02. The van der Waals surface area contributed by atoms with Crippen LogP contribution < -0.4 is 10.1 Å². The van der Waals surface area contributed by atoms with Crippen molar-refractivity contribution in [1.29, 1.82) is 0 Å². The van der Waals surface area contributed by atoms with Gasteiger partial charge < -0.3 is 10.1 Å². The molecule has 0 aromatic heterocycles. The molecule has 1 aliphatic rings. The van der Waals surface area contributed by atoms with Gasteiger partial charge >= 0.3 is 0 Å². The molecule has 1 fully saturated rings. The Labute approximate surface area is 123 Å². The van der Waals surface area contributed by atoms with E-state index in [0.29, 0.717) is 12.1 Å². The molecule has 112 valence electrons. The summed E-state index contributed by atoms with van der Waals surface area (Å²) in [6, 6.07) is 9.06. The smallest absolute Gasteiger partial charge is 0.119 e. The molecular formula is C18H29NO. The first kappa shape index (κ1) is 15.4. The van der Waals surface area contributed by atoms with Gasteiger partial charge in [0, 0.05) is 6.04 Å². The van der Waals surface area contributed by atoms with Gasteiger partial charge in [-0.05, 0) is 62.3 Å². The maximum Gasteiger partial charge on any atom is 0.119 e. The van der Waals surface area contributed by atoms with Crippen molar-refractivity contribution in [3.8, 4) is 5.75 Å². The van der Waals surface area contributed by atoms with E-state index in [2.05, 4.69) is 57.4 Å². The number of nitrogens with one attached hydrogen (secondary N) is 1. The fraction of sp³-hybridized carbons (Fsp3) is 0.667. The van der Waals surface area contributed by atoms with Gasteiger partial charge in [-0.1, -0.05) is 32.9 Å². The number of hydrogen-bond acceptors (Lipinski definition) is 2. The highest BCUT2D eigenvalue weighted by Crippen LogP contribution is 2.32. The second-order valence-electron chi connectivity index (χ2n) is 6.37. The summed E-state index contributed by atoms with van der Waals surface area (Å²) in [6.45, 7) is 6.84. The van der Waals surface area contributed by atoms with E-state index in [1.165, 1.54) is 24.8 Å². The Bertz CT molecular complexity index is 398. The molecule has 1 N–H and O–H groups in total. The third-order valence-electron chi connectivity index (χ3n) is 4.76. The SMILES string of the molecule is CCc1ccc(OC2CC(C(C)C)CCC2NC)cc1. The van der Waals surface area contributed by atoms with Gasteiger partial charge in [-0.25, -0.2) is 0 Å². The number of benzene rings is 1.